The summed E-state index contributed by atoms with van der Waals surface area (Å²) in [6, 6.07) is 3.47. The summed E-state index contributed by atoms with van der Waals surface area (Å²) in [5.41, 5.74) is 0. The monoisotopic (exact) mass is 311 g/mol. The minimum atomic E-state index is -0.139. The normalized spacial score (nSPS) is 16.0. The molecule has 0 aliphatic heterocycles. The van der Waals surface area contributed by atoms with Crippen LogP contribution in [0.4, 0.5) is 0 Å². The van der Waals surface area contributed by atoms with Gasteiger partial charge in [-0.15, -0.1) is 0 Å². The first kappa shape index (κ1) is 16.4. The molecule has 0 aromatic carbocycles. The van der Waals surface area contributed by atoms with Crippen molar-refractivity contribution in [3.8, 4) is 0 Å². The van der Waals surface area contributed by atoms with Crippen LogP contribution in [0.1, 0.15) is 54.8 Å². The van der Waals surface area contributed by atoms with E-state index in [-0.39, 0.29) is 5.91 Å². The molecule has 1 fully saturated rings. The quantitative estimate of drug-likeness (QED) is 0.745. The third kappa shape index (κ3) is 5.75. The van der Waals surface area contributed by atoms with Crippen LogP contribution >= 0.6 is 11.8 Å². The Labute approximate surface area is 131 Å². The zero-order valence-electron chi connectivity index (χ0n) is 12.7. The van der Waals surface area contributed by atoms with Gasteiger partial charge in [-0.2, -0.15) is 11.8 Å². The standard InChI is InChI=1S/C16H25NO3S/c1-19-12-13-8-9-15(20-13)16(18)17-10-5-11-21-14-6-3-2-4-7-14/h8-9,14H,2-7,10-12H2,1H3,(H,17,18). The highest BCUT2D eigenvalue weighted by Gasteiger charge is 2.13. The highest BCUT2D eigenvalue weighted by molar-refractivity contribution is 7.99. The molecule has 0 saturated heterocycles. The fourth-order valence-corrected chi connectivity index (χ4v) is 3.87. The second-order valence-corrected chi connectivity index (χ2v) is 6.85. The molecule has 0 radical (unpaired) electrons. The molecule has 1 N–H and O–H groups in total. The first-order chi connectivity index (χ1) is 10.3. The van der Waals surface area contributed by atoms with Crippen molar-refractivity contribution in [2.75, 3.05) is 19.4 Å². The molecule has 1 aliphatic rings. The first-order valence-corrected chi connectivity index (χ1v) is 8.82. The zero-order chi connectivity index (χ0) is 14.9. The van der Waals surface area contributed by atoms with Crippen molar-refractivity contribution in [2.24, 2.45) is 0 Å². The van der Waals surface area contributed by atoms with Crippen molar-refractivity contribution < 1.29 is 13.9 Å². The second-order valence-electron chi connectivity index (χ2n) is 5.44. The van der Waals surface area contributed by atoms with Crippen molar-refractivity contribution >= 4 is 17.7 Å². The third-order valence-corrected chi connectivity index (χ3v) is 5.15. The highest BCUT2D eigenvalue weighted by Crippen LogP contribution is 2.28. The maximum atomic E-state index is 11.9. The number of carbonyl (C=O) groups is 1. The molecule has 21 heavy (non-hydrogen) atoms. The molecule has 1 heterocycles. The van der Waals surface area contributed by atoms with Gasteiger partial charge in [0.05, 0.1) is 0 Å². The topological polar surface area (TPSA) is 51.5 Å². The summed E-state index contributed by atoms with van der Waals surface area (Å²) in [6.07, 6.45) is 7.92. The van der Waals surface area contributed by atoms with Crippen molar-refractivity contribution in [1.29, 1.82) is 0 Å². The molecule has 1 aromatic rings. The van der Waals surface area contributed by atoms with Gasteiger partial charge in [-0.25, -0.2) is 0 Å². The zero-order valence-corrected chi connectivity index (χ0v) is 13.5. The van der Waals surface area contributed by atoms with Crippen LogP contribution in [0.25, 0.3) is 0 Å². The molecule has 4 nitrogen and oxygen atoms in total. The van der Waals surface area contributed by atoms with E-state index in [2.05, 4.69) is 17.1 Å². The summed E-state index contributed by atoms with van der Waals surface area (Å²) in [7, 11) is 1.60. The Morgan fingerprint density at radius 2 is 2.19 bits per heavy atom. The van der Waals surface area contributed by atoms with E-state index in [9.17, 15) is 4.79 Å². The van der Waals surface area contributed by atoms with Gasteiger partial charge < -0.3 is 14.5 Å². The number of carbonyl (C=O) groups excluding carboxylic acids is 1. The van der Waals surface area contributed by atoms with Gasteiger partial charge in [0.2, 0.25) is 0 Å². The molecule has 0 bridgehead atoms. The molecule has 5 heteroatoms. The Morgan fingerprint density at radius 3 is 2.95 bits per heavy atom. The molecule has 0 spiro atoms. The lowest BCUT2D eigenvalue weighted by Gasteiger charge is -2.20. The summed E-state index contributed by atoms with van der Waals surface area (Å²) in [6.45, 7) is 1.10. The lowest BCUT2D eigenvalue weighted by molar-refractivity contribution is 0.0917. The van der Waals surface area contributed by atoms with Crippen LogP contribution in [0.3, 0.4) is 0 Å². The fourth-order valence-electron chi connectivity index (χ4n) is 2.56. The molecular formula is C16H25NO3S. The maximum Gasteiger partial charge on any atom is 0.286 e. The third-order valence-electron chi connectivity index (χ3n) is 3.68. The van der Waals surface area contributed by atoms with Crippen LogP contribution in [-0.4, -0.2) is 30.6 Å². The molecule has 118 valence electrons. The van der Waals surface area contributed by atoms with E-state index in [4.69, 9.17) is 9.15 Å². The number of methoxy groups -OCH3 is 1. The molecule has 1 amide bonds. The van der Waals surface area contributed by atoms with Crippen LogP contribution in [0, 0.1) is 0 Å². The Bertz CT molecular complexity index is 427. The van der Waals surface area contributed by atoms with Crippen molar-refractivity contribution in [3.05, 3.63) is 23.7 Å². The Kier molecular flexibility index (Phi) is 7.16. The number of amides is 1. The van der Waals surface area contributed by atoms with E-state index in [0.29, 0.717) is 24.7 Å². The van der Waals surface area contributed by atoms with Gasteiger partial charge >= 0.3 is 0 Å². The van der Waals surface area contributed by atoms with Gasteiger partial charge in [-0.05, 0) is 37.1 Å². The Morgan fingerprint density at radius 1 is 1.38 bits per heavy atom. The molecular weight excluding hydrogens is 286 g/mol. The largest absolute Gasteiger partial charge is 0.453 e. The minimum absolute atomic E-state index is 0.139. The van der Waals surface area contributed by atoms with Crippen LogP contribution in [0.15, 0.2) is 16.5 Å². The van der Waals surface area contributed by atoms with E-state index >= 15 is 0 Å². The Balaban J connectivity index is 1.58. The summed E-state index contributed by atoms with van der Waals surface area (Å²) in [5, 5.41) is 3.75. The van der Waals surface area contributed by atoms with Gasteiger partial charge in [-0.3, -0.25) is 4.79 Å². The van der Waals surface area contributed by atoms with Gasteiger partial charge in [0.25, 0.3) is 5.91 Å². The molecule has 0 atom stereocenters. The predicted molar refractivity (Wildman–Crippen MR) is 85.7 cm³/mol. The van der Waals surface area contributed by atoms with Crippen LogP contribution in [0.5, 0.6) is 0 Å². The lowest BCUT2D eigenvalue weighted by Crippen LogP contribution is -2.24. The van der Waals surface area contributed by atoms with Crippen LogP contribution in [0.2, 0.25) is 0 Å². The van der Waals surface area contributed by atoms with Gasteiger partial charge in [-0.1, -0.05) is 19.3 Å². The summed E-state index contributed by atoms with van der Waals surface area (Å²) in [5.74, 6) is 2.02. The average Bonchev–Trinajstić information content (AvgIpc) is 2.97. The highest BCUT2D eigenvalue weighted by atomic mass is 32.2. The number of ether oxygens (including phenoxy) is 1. The molecule has 2 rings (SSSR count). The average molecular weight is 311 g/mol. The smallest absolute Gasteiger partial charge is 0.286 e. The number of nitrogens with one attached hydrogen (secondary N) is 1. The number of furan rings is 1. The molecule has 1 aromatic heterocycles. The van der Waals surface area contributed by atoms with Crippen molar-refractivity contribution in [3.63, 3.8) is 0 Å². The molecule has 1 aliphatic carbocycles. The maximum absolute atomic E-state index is 11.9. The number of thioether (sulfide) groups is 1. The van der Waals surface area contributed by atoms with E-state index in [1.54, 1.807) is 19.2 Å². The van der Waals surface area contributed by atoms with E-state index < -0.39 is 0 Å². The van der Waals surface area contributed by atoms with Crippen LogP contribution in [-0.2, 0) is 11.3 Å². The summed E-state index contributed by atoms with van der Waals surface area (Å²) < 4.78 is 10.4. The van der Waals surface area contributed by atoms with Gasteiger partial charge in [0.15, 0.2) is 5.76 Å². The summed E-state index contributed by atoms with van der Waals surface area (Å²) >= 11 is 2.06. The number of rotatable bonds is 8. The minimum Gasteiger partial charge on any atom is -0.453 e. The number of hydrogen-bond donors (Lipinski definition) is 1. The summed E-state index contributed by atoms with van der Waals surface area (Å²) in [4.78, 5) is 11.9. The SMILES string of the molecule is COCc1ccc(C(=O)NCCCSC2CCCCC2)o1. The van der Waals surface area contributed by atoms with Crippen molar-refractivity contribution in [1.82, 2.24) is 5.32 Å². The predicted octanol–water partition coefficient (Wildman–Crippen LogP) is 3.61. The fraction of sp³-hybridized carbons (Fsp3) is 0.688. The van der Waals surface area contributed by atoms with Crippen molar-refractivity contribution in [2.45, 2.75) is 50.4 Å². The second kappa shape index (κ2) is 9.15. The van der Waals surface area contributed by atoms with E-state index in [0.717, 1.165) is 17.4 Å². The molecule has 0 unspecified atom stereocenters. The molecule has 1 saturated carbocycles. The van der Waals surface area contributed by atoms with Crippen LogP contribution < -0.4 is 5.32 Å². The number of hydrogen-bond acceptors (Lipinski definition) is 4. The first-order valence-electron chi connectivity index (χ1n) is 7.77. The van der Waals surface area contributed by atoms with Gasteiger partial charge in [0, 0.05) is 18.9 Å². The van der Waals surface area contributed by atoms with E-state index in [1.807, 2.05) is 0 Å². The lowest BCUT2D eigenvalue weighted by atomic mass is 10.0. The van der Waals surface area contributed by atoms with Gasteiger partial charge in [0.1, 0.15) is 12.4 Å². The van der Waals surface area contributed by atoms with E-state index in [1.165, 1.54) is 32.1 Å². The Hall–Kier alpha value is -0.940.